The van der Waals surface area contributed by atoms with Gasteiger partial charge in [0.05, 0.1) is 5.92 Å². The highest BCUT2D eigenvalue weighted by Crippen LogP contribution is 2.26. The molecule has 0 saturated carbocycles. The molecule has 1 heterocycles. The van der Waals surface area contributed by atoms with Gasteiger partial charge in [0.1, 0.15) is 5.75 Å². The van der Waals surface area contributed by atoms with E-state index >= 15 is 0 Å². The van der Waals surface area contributed by atoms with E-state index in [4.69, 9.17) is 10.5 Å². The van der Waals surface area contributed by atoms with Crippen LogP contribution in [0.1, 0.15) is 46.1 Å². The van der Waals surface area contributed by atoms with Crippen molar-refractivity contribution in [3.63, 3.8) is 0 Å². The summed E-state index contributed by atoms with van der Waals surface area (Å²) in [5, 5.41) is 2.82. The van der Waals surface area contributed by atoms with Crippen LogP contribution in [0.2, 0.25) is 0 Å². The summed E-state index contributed by atoms with van der Waals surface area (Å²) in [5.74, 6) is 0.417. The average Bonchev–Trinajstić information content (AvgIpc) is 2.65. The first-order chi connectivity index (χ1) is 12.7. The first-order valence-corrected chi connectivity index (χ1v) is 9.76. The molecule has 158 valence electrons. The van der Waals surface area contributed by atoms with E-state index < -0.39 is 6.10 Å². The van der Waals surface area contributed by atoms with Crippen LogP contribution in [0, 0.1) is 5.92 Å². The van der Waals surface area contributed by atoms with E-state index in [1.807, 2.05) is 18.2 Å². The molecule has 1 fully saturated rings. The zero-order valence-corrected chi connectivity index (χ0v) is 18.2. The minimum absolute atomic E-state index is 0. The molecule has 6 nitrogen and oxygen atoms in total. The van der Waals surface area contributed by atoms with Crippen LogP contribution in [-0.2, 0) is 15.0 Å². The Hall–Kier alpha value is -1.79. The molecule has 0 aromatic heterocycles. The van der Waals surface area contributed by atoms with Crippen LogP contribution in [0.25, 0.3) is 0 Å². The Labute approximate surface area is 174 Å². The Balaban J connectivity index is 0.00000392. The predicted molar refractivity (Wildman–Crippen MR) is 114 cm³/mol. The minimum atomic E-state index is -0.592. The third-order valence-corrected chi connectivity index (χ3v) is 4.91. The number of amides is 2. The van der Waals surface area contributed by atoms with Gasteiger partial charge in [-0.15, -0.1) is 12.4 Å². The molecular formula is C21H34ClN3O3. The number of nitrogens with two attached hydrogens (primary N) is 1. The molecule has 0 spiro atoms. The fourth-order valence-electron chi connectivity index (χ4n) is 3.28. The molecule has 28 heavy (non-hydrogen) atoms. The van der Waals surface area contributed by atoms with Gasteiger partial charge in [0.2, 0.25) is 5.91 Å². The van der Waals surface area contributed by atoms with E-state index in [1.165, 1.54) is 0 Å². The second-order valence-electron chi connectivity index (χ2n) is 8.24. The first kappa shape index (κ1) is 24.2. The molecule has 0 aliphatic carbocycles. The molecule has 3 N–H and O–H groups in total. The molecule has 2 unspecified atom stereocenters. The lowest BCUT2D eigenvalue weighted by Gasteiger charge is -2.33. The van der Waals surface area contributed by atoms with Crippen molar-refractivity contribution >= 4 is 24.2 Å². The summed E-state index contributed by atoms with van der Waals surface area (Å²) >= 11 is 0. The summed E-state index contributed by atoms with van der Waals surface area (Å²) < 4.78 is 5.92. The van der Waals surface area contributed by atoms with E-state index in [1.54, 1.807) is 11.8 Å². The maximum atomic E-state index is 12.8. The monoisotopic (exact) mass is 411 g/mol. The van der Waals surface area contributed by atoms with Gasteiger partial charge in [-0.25, -0.2) is 0 Å². The number of carbonyl (C=O) groups is 2. The number of hydrogen-bond acceptors (Lipinski definition) is 4. The first-order valence-electron chi connectivity index (χ1n) is 9.76. The fourth-order valence-corrected chi connectivity index (χ4v) is 3.28. The van der Waals surface area contributed by atoms with Crippen molar-refractivity contribution in [1.82, 2.24) is 10.2 Å². The highest BCUT2D eigenvalue weighted by Gasteiger charge is 2.31. The van der Waals surface area contributed by atoms with Gasteiger partial charge in [0.15, 0.2) is 6.10 Å². The van der Waals surface area contributed by atoms with E-state index in [-0.39, 0.29) is 35.6 Å². The van der Waals surface area contributed by atoms with Gasteiger partial charge in [0, 0.05) is 26.2 Å². The quantitative estimate of drug-likeness (QED) is 0.753. The standard InChI is InChI=1S/C21H33N3O3.ClH/c1-15(27-18-9-5-8-17(13-18)21(2,3)4)20(26)24-12-6-7-16(14-24)19(25)23-11-10-22;/h5,8-9,13,15-16H,6-7,10-12,14,22H2,1-4H3,(H,23,25);1H. The van der Waals surface area contributed by atoms with Crippen molar-refractivity contribution in [2.75, 3.05) is 26.2 Å². The molecule has 7 heteroatoms. The second kappa shape index (κ2) is 10.7. The average molecular weight is 412 g/mol. The van der Waals surface area contributed by atoms with Gasteiger partial charge >= 0.3 is 0 Å². The Bertz CT molecular complexity index is 661. The van der Waals surface area contributed by atoms with Crippen LogP contribution < -0.4 is 15.8 Å². The summed E-state index contributed by atoms with van der Waals surface area (Å²) in [5.41, 5.74) is 6.62. The second-order valence-corrected chi connectivity index (χ2v) is 8.24. The molecule has 0 bridgehead atoms. The molecule has 2 amide bonds. The largest absolute Gasteiger partial charge is 0.481 e. The molecule has 1 aliphatic rings. The number of piperidine rings is 1. The van der Waals surface area contributed by atoms with Crippen LogP contribution in [0.3, 0.4) is 0 Å². The highest BCUT2D eigenvalue weighted by atomic mass is 35.5. The smallest absolute Gasteiger partial charge is 0.263 e. The van der Waals surface area contributed by atoms with Crippen molar-refractivity contribution in [2.45, 2.75) is 52.1 Å². The van der Waals surface area contributed by atoms with Gasteiger partial charge in [-0.2, -0.15) is 0 Å². The summed E-state index contributed by atoms with van der Waals surface area (Å²) in [6.07, 6.45) is 1.02. The Kier molecular flexibility index (Phi) is 9.24. The third kappa shape index (κ3) is 6.67. The lowest BCUT2D eigenvalue weighted by atomic mass is 9.87. The summed E-state index contributed by atoms with van der Waals surface area (Å²) in [6, 6.07) is 7.88. The van der Waals surface area contributed by atoms with E-state index in [2.05, 4.69) is 32.2 Å². The van der Waals surface area contributed by atoms with Crippen LogP contribution in [0.4, 0.5) is 0 Å². The Morgan fingerprint density at radius 3 is 2.71 bits per heavy atom. The van der Waals surface area contributed by atoms with E-state index in [0.717, 1.165) is 18.4 Å². The normalized spacial score (nSPS) is 18.0. The van der Waals surface area contributed by atoms with Gasteiger partial charge in [-0.05, 0) is 42.9 Å². The summed E-state index contributed by atoms with van der Waals surface area (Å²) in [6.45, 7) is 10.2. The maximum Gasteiger partial charge on any atom is 0.263 e. The minimum Gasteiger partial charge on any atom is -0.481 e. The summed E-state index contributed by atoms with van der Waals surface area (Å²) in [7, 11) is 0. The van der Waals surface area contributed by atoms with Gasteiger partial charge < -0.3 is 20.7 Å². The number of carbonyl (C=O) groups excluding carboxylic acids is 2. The number of hydrogen-bond donors (Lipinski definition) is 2. The zero-order valence-electron chi connectivity index (χ0n) is 17.4. The van der Waals surface area contributed by atoms with Crippen molar-refractivity contribution in [3.8, 4) is 5.75 Å². The molecule has 1 saturated heterocycles. The van der Waals surface area contributed by atoms with Crippen molar-refractivity contribution in [1.29, 1.82) is 0 Å². The summed E-state index contributed by atoms with van der Waals surface area (Å²) in [4.78, 5) is 26.7. The molecule has 2 atom stereocenters. The van der Waals surface area contributed by atoms with E-state index in [9.17, 15) is 9.59 Å². The number of benzene rings is 1. The third-order valence-electron chi connectivity index (χ3n) is 4.91. The molecule has 2 rings (SSSR count). The molecule has 1 aromatic carbocycles. The topological polar surface area (TPSA) is 84.7 Å². The maximum absolute atomic E-state index is 12.8. The van der Waals surface area contributed by atoms with Gasteiger partial charge in [0.25, 0.3) is 5.91 Å². The SMILES string of the molecule is CC(Oc1cccc(C(C)(C)C)c1)C(=O)N1CCCC(C(=O)NCCN)C1.Cl. The highest BCUT2D eigenvalue weighted by molar-refractivity contribution is 5.85. The van der Waals surface area contributed by atoms with Gasteiger partial charge in [-0.3, -0.25) is 9.59 Å². The van der Waals surface area contributed by atoms with Crippen LogP contribution in [-0.4, -0.2) is 49.0 Å². The van der Waals surface area contributed by atoms with Crippen molar-refractivity contribution in [2.24, 2.45) is 11.7 Å². The Morgan fingerprint density at radius 2 is 2.07 bits per heavy atom. The number of halogens is 1. The van der Waals surface area contributed by atoms with Crippen LogP contribution in [0.15, 0.2) is 24.3 Å². The number of nitrogens with zero attached hydrogens (tertiary/aromatic N) is 1. The number of ether oxygens (including phenoxy) is 1. The Morgan fingerprint density at radius 1 is 1.36 bits per heavy atom. The molecular weight excluding hydrogens is 378 g/mol. The van der Waals surface area contributed by atoms with Crippen LogP contribution in [0.5, 0.6) is 5.75 Å². The van der Waals surface area contributed by atoms with Crippen molar-refractivity contribution in [3.05, 3.63) is 29.8 Å². The van der Waals surface area contributed by atoms with Crippen LogP contribution >= 0.6 is 12.4 Å². The number of rotatable bonds is 6. The predicted octanol–water partition coefficient (Wildman–Crippen LogP) is 2.49. The van der Waals surface area contributed by atoms with Gasteiger partial charge in [-0.1, -0.05) is 32.9 Å². The van der Waals surface area contributed by atoms with E-state index in [0.29, 0.717) is 31.9 Å². The fraction of sp³-hybridized carbons (Fsp3) is 0.619. The lowest BCUT2D eigenvalue weighted by Crippen LogP contribution is -2.49. The lowest BCUT2D eigenvalue weighted by molar-refractivity contribution is -0.141. The number of nitrogens with one attached hydrogen (secondary N) is 1. The zero-order chi connectivity index (χ0) is 20.0. The molecule has 0 radical (unpaired) electrons. The molecule has 1 aromatic rings. The number of likely N-dealkylation sites (tertiary alicyclic amines) is 1. The molecule has 1 aliphatic heterocycles. The van der Waals surface area contributed by atoms with Crippen molar-refractivity contribution < 1.29 is 14.3 Å².